The minimum absolute atomic E-state index is 0.196. The Hall–Kier alpha value is -2.65. The highest BCUT2D eigenvalue weighted by Crippen LogP contribution is 2.32. The van der Waals surface area contributed by atoms with Crippen molar-refractivity contribution < 1.29 is 40.3 Å². The van der Waals surface area contributed by atoms with Crippen LogP contribution in [0.1, 0.15) is 38.5 Å². The molecule has 218 valence electrons. The number of nitrogens with one attached hydrogen (secondary N) is 1. The van der Waals surface area contributed by atoms with Gasteiger partial charge in [0, 0.05) is 19.1 Å². The van der Waals surface area contributed by atoms with Gasteiger partial charge in [-0.2, -0.15) is 8.61 Å². The molecule has 1 aliphatic heterocycles. The molecule has 2 unspecified atom stereocenters. The summed E-state index contributed by atoms with van der Waals surface area (Å²) in [6, 6.07) is 5.58. The van der Waals surface area contributed by atoms with Gasteiger partial charge in [0.1, 0.15) is 11.6 Å². The first-order chi connectivity index (χ1) is 18.8. The van der Waals surface area contributed by atoms with Crippen LogP contribution < -0.4 is 5.32 Å². The van der Waals surface area contributed by atoms with Crippen LogP contribution in [0.3, 0.4) is 0 Å². The van der Waals surface area contributed by atoms with E-state index in [-0.39, 0.29) is 10.8 Å². The lowest BCUT2D eigenvalue weighted by Crippen LogP contribution is -2.56. The molecule has 4 rings (SSSR count). The Morgan fingerprint density at radius 1 is 0.925 bits per heavy atom. The predicted octanol–water partition coefficient (Wildman–Crippen LogP) is 3.18. The largest absolute Gasteiger partial charge is 0.481 e. The fraction of sp³-hybridized carbons (Fsp3) is 0.440. The van der Waals surface area contributed by atoms with Crippen LogP contribution in [0.15, 0.2) is 52.3 Å². The van der Waals surface area contributed by atoms with Gasteiger partial charge in [-0.1, -0.05) is 30.9 Å². The molecule has 2 aliphatic rings. The van der Waals surface area contributed by atoms with Gasteiger partial charge in [-0.25, -0.2) is 25.6 Å². The molecule has 40 heavy (non-hydrogen) atoms. The maximum atomic E-state index is 13.8. The lowest BCUT2D eigenvalue weighted by molar-refractivity contribution is -0.138. The number of halogens is 3. The van der Waals surface area contributed by atoms with E-state index < -0.39 is 85.2 Å². The van der Waals surface area contributed by atoms with E-state index in [4.69, 9.17) is 11.6 Å². The Bertz CT molecular complexity index is 1480. The number of aliphatic carboxylic acids is 1. The van der Waals surface area contributed by atoms with E-state index in [9.17, 15) is 40.3 Å². The van der Waals surface area contributed by atoms with Gasteiger partial charge in [-0.15, -0.1) is 0 Å². The first-order valence-corrected chi connectivity index (χ1v) is 15.8. The molecule has 0 spiro atoms. The Labute approximate surface area is 236 Å². The van der Waals surface area contributed by atoms with E-state index in [1.54, 1.807) is 0 Å². The first kappa shape index (κ1) is 30.3. The van der Waals surface area contributed by atoms with Gasteiger partial charge in [-0.3, -0.25) is 9.59 Å². The van der Waals surface area contributed by atoms with Gasteiger partial charge in [-0.05, 0) is 61.2 Å². The molecule has 2 fully saturated rings. The van der Waals surface area contributed by atoms with Crippen molar-refractivity contribution in [2.45, 2.75) is 60.5 Å². The number of hydrogen-bond acceptors (Lipinski definition) is 6. The third kappa shape index (κ3) is 6.30. The molecule has 1 saturated carbocycles. The second-order valence-corrected chi connectivity index (χ2v) is 13.9. The van der Waals surface area contributed by atoms with Crippen molar-refractivity contribution in [3.05, 3.63) is 59.1 Å². The zero-order valence-electron chi connectivity index (χ0n) is 21.2. The van der Waals surface area contributed by atoms with Gasteiger partial charge < -0.3 is 10.4 Å². The first-order valence-electron chi connectivity index (χ1n) is 12.6. The third-order valence-electron chi connectivity index (χ3n) is 7.18. The summed E-state index contributed by atoms with van der Waals surface area (Å²) in [7, 11) is -9.13. The molecule has 1 saturated heterocycles. The van der Waals surface area contributed by atoms with Crippen molar-refractivity contribution >= 4 is 43.5 Å². The van der Waals surface area contributed by atoms with Crippen molar-refractivity contribution in [1.82, 2.24) is 13.9 Å². The summed E-state index contributed by atoms with van der Waals surface area (Å²) in [5, 5.41) is 11.6. The van der Waals surface area contributed by atoms with Crippen LogP contribution in [0.4, 0.5) is 8.78 Å². The highest BCUT2D eigenvalue weighted by atomic mass is 35.5. The monoisotopic (exact) mass is 619 g/mol. The number of amides is 1. The quantitative estimate of drug-likeness (QED) is 0.439. The summed E-state index contributed by atoms with van der Waals surface area (Å²) in [5.74, 6) is -3.98. The lowest BCUT2D eigenvalue weighted by atomic mass is 9.82. The Morgan fingerprint density at radius 2 is 1.48 bits per heavy atom. The number of benzene rings is 2. The predicted molar refractivity (Wildman–Crippen MR) is 140 cm³/mol. The van der Waals surface area contributed by atoms with E-state index in [1.807, 2.05) is 0 Å². The minimum Gasteiger partial charge on any atom is -0.481 e. The molecule has 10 nitrogen and oxygen atoms in total. The molecule has 15 heteroatoms. The molecular formula is C25H28ClF2N3O7S2. The Balaban J connectivity index is 1.75. The summed E-state index contributed by atoms with van der Waals surface area (Å²) in [6.07, 6.45) is 1.54. The van der Waals surface area contributed by atoms with Gasteiger partial charge in [0.05, 0.1) is 21.2 Å². The topological polar surface area (TPSA) is 141 Å². The molecule has 2 N–H and O–H groups in total. The van der Waals surface area contributed by atoms with Crippen molar-refractivity contribution in [3.63, 3.8) is 0 Å². The number of hydrogen-bond donors (Lipinski definition) is 2. The molecule has 0 aromatic heterocycles. The maximum absolute atomic E-state index is 13.8. The summed E-state index contributed by atoms with van der Waals surface area (Å²) in [5.41, 5.74) is 0. The normalized spacial score (nSPS) is 20.3. The SMILES string of the molecule is O=C(O)CC(NC(=O)C1N(S(=O)(=O)c2ccc(F)cc2)CCN1S(=O)(=O)c1ccc(F)c(Cl)c1)C1CCCCC1. The second kappa shape index (κ2) is 12.1. The molecule has 0 bridgehead atoms. The zero-order valence-corrected chi connectivity index (χ0v) is 23.6. The van der Waals surface area contributed by atoms with E-state index in [2.05, 4.69) is 5.32 Å². The smallest absolute Gasteiger partial charge is 0.305 e. The molecule has 2 atom stereocenters. The van der Waals surface area contributed by atoms with Crippen molar-refractivity contribution in [2.24, 2.45) is 5.92 Å². The van der Waals surface area contributed by atoms with Crippen LogP contribution in [0.2, 0.25) is 5.02 Å². The average Bonchev–Trinajstić information content (AvgIpc) is 3.38. The molecule has 1 amide bonds. The third-order valence-corrected chi connectivity index (χ3v) is 11.2. The summed E-state index contributed by atoms with van der Waals surface area (Å²) < 4.78 is 83.0. The number of sulfonamides is 2. The highest BCUT2D eigenvalue weighted by molar-refractivity contribution is 7.90. The number of carbonyl (C=O) groups is 2. The molecular weight excluding hydrogens is 592 g/mol. The van der Waals surface area contributed by atoms with Gasteiger partial charge in [0.15, 0.2) is 6.17 Å². The molecule has 1 aliphatic carbocycles. The van der Waals surface area contributed by atoms with E-state index in [0.29, 0.717) is 21.5 Å². The minimum atomic E-state index is -4.60. The number of nitrogens with zero attached hydrogens (tertiary/aromatic N) is 2. The van der Waals surface area contributed by atoms with Crippen LogP contribution >= 0.6 is 11.6 Å². The lowest BCUT2D eigenvalue weighted by Gasteiger charge is -2.33. The Kier molecular flexibility index (Phi) is 9.15. The van der Waals surface area contributed by atoms with Crippen LogP contribution in [0.5, 0.6) is 0 Å². The Morgan fingerprint density at radius 3 is 2.02 bits per heavy atom. The van der Waals surface area contributed by atoms with E-state index in [1.165, 1.54) is 0 Å². The molecule has 2 aromatic rings. The van der Waals surface area contributed by atoms with Crippen LogP contribution in [-0.2, 0) is 29.6 Å². The summed E-state index contributed by atoms with van der Waals surface area (Å²) >= 11 is 5.79. The van der Waals surface area contributed by atoms with E-state index >= 15 is 0 Å². The zero-order chi connectivity index (χ0) is 29.2. The van der Waals surface area contributed by atoms with Crippen molar-refractivity contribution in [3.8, 4) is 0 Å². The molecule has 1 heterocycles. The fourth-order valence-corrected chi connectivity index (χ4v) is 8.60. The maximum Gasteiger partial charge on any atom is 0.305 e. The summed E-state index contributed by atoms with van der Waals surface area (Å²) in [4.78, 5) is 24.6. The molecule has 2 aromatic carbocycles. The number of rotatable bonds is 9. The summed E-state index contributed by atoms with van der Waals surface area (Å²) in [6.45, 7) is -0.873. The standard InChI is InChI=1S/C25H28ClF2N3O7S2/c26-20-14-19(10-11-21(20)28)40(37,38)31-13-12-30(39(35,36)18-8-6-17(27)7-9-18)25(31)24(34)29-22(15-23(32)33)16-4-2-1-3-5-16/h6-11,14,16,22,25H,1-5,12-13,15H2,(H,29,34)(H,32,33). The second-order valence-electron chi connectivity index (χ2n) is 9.75. The number of carboxylic acid groups (broad SMARTS) is 1. The van der Waals surface area contributed by atoms with Crippen LogP contribution in [0, 0.1) is 17.6 Å². The number of carboxylic acids is 1. The fourth-order valence-electron chi connectivity index (χ4n) is 5.18. The van der Waals surface area contributed by atoms with Crippen LogP contribution in [-0.4, -0.2) is 67.7 Å². The van der Waals surface area contributed by atoms with Crippen LogP contribution in [0.25, 0.3) is 0 Å². The van der Waals surface area contributed by atoms with Crippen molar-refractivity contribution in [1.29, 1.82) is 0 Å². The van der Waals surface area contributed by atoms with E-state index in [0.717, 1.165) is 61.7 Å². The average molecular weight is 620 g/mol. The highest BCUT2D eigenvalue weighted by Gasteiger charge is 2.50. The van der Waals surface area contributed by atoms with Gasteiger partial charge in [0.2, 0.25) is 20.0 Å². The van der Waals surface area contributed by atoms with Crippen molar-refractivity contribution in [2.75, 3.05) is 13.1 Å². The van der Waals surface area contributed by atoms with Gasteiger partial charge in [0.25, 0.3) is 5.91 Å². The molecule has 0 radical (unpaired) electrons. The number of carbonyl (C=O) groups excluding carboxylic acids is 1. The van der Waals surface area contributed by atoms with Gasteiger partial charge >= 0.3 is 5.97 Å².